The molecule has 156 valence electrons. The van der Waals surface area contributed by atoms with E-state index in [0.29, 0.717) is 13.2 Å². The molecule has 1 amide bonds. The summed E-state index contributed by atoms with van der Waals surface area (Å²) >= 11 is 0. The standard InChI is InChI=1S/C21H34BNO5/c1-19(2,3)26-18(24)23-14-10-11-15-25-17-13-9-8-12-16(17)22-27-20(4,5)21(6,7)28-22/h8-9,12-13H,10-11,14-15H2,1-7H3,(H,23,24). The van der Waals surface area contributed by atoms with Gasteiger partial charge in [-0.15, -0.1) is 0 Å². The largest absolute Gasteiger partial charge is 0.498 e. The van der Waals surface area contributed by atoms with Gasteiger partial charge in [0, 0.05) is 12.0 Å². The summed E-state index contributed by atoms with van der Waals surface area (Å²) in [5.41, 5.74) is -0.367. The van der Waals surface area contributed by atoms with E-state index in [2.05, 4.69) is 5.32 Å². The van der Waals surface area contributed by atoms with Crippen molar-refractivity contribution in [1.82, 2.24) is 5.32 Å². The fourth-order valence-corrected chi connectivity index (χ4v) is 2.69. The van der Waals surface area contributed by atoms with Crippen molar-refractivity contribution in [3.63, 3.8) is 0 Å². The van der Waals surface area contributed by atoms with Crippen molar-refractivity contribution >= 4 is 18.7 Å². The molecule has 1 saturated heterocycles. The third kappa shape index (κ3) is 6.14. The van der Waals surface area contributed by atoms with Gasteiger partial charge >= 0.3 is 13.2 Å². The normalized spacial score (nSPS) is 18.0. The van der Waals surface area contributed by atoms with E-state index in [9.17, 15) is 4.79 Å². The minimum Gasteiger partial charge on any atom is -0.494 e. The number of benzene rings is 1. The van der Waals surface area contributed by atoms with Crippen LogP contribution in [0.3, 0.4) is 0 Å². The second-order valence-corrected chi connectivity index (χ2v) is 9.11. The quantitative estimate of drug-likeness (QED) is 0.568. The van der Waals surface area contributed by atoms with E-state index < -0.39 is 23.9 Å². The minimum absolute atomic E-state index is 0.389. The second-order valence-electron chi connectivity index (χ2n) is 9.11. The number of hydrogen-bond donors (Lipinski definition) is 1. The number of ether oxygens (including phenoxy) is 2. The van der Waals surface area contributed by atoms with Crippen LogP contribution in [0.15, 0.2) is 24.3 Å². The first kappa shape index (κ1) is 22.6. The average Bonchev–Trinajstić information content (AvgIpc) is 2.77. The number of carbonyl (C=O) groups is 1. The number of para-hydroxylation sites is 1. The third-order valence-corrected chi connectivity index (χ3v) is 4.92. The molecule has 0 aromatic heterocycles. The van der Waals surface area contributed by atoms with Crippen LogP contribution in [0, 0.1) is 0 Å². The molecule has 1 aromatic rings. The summed E-state index contributed by atoms with van der Waals surface area (Å²) < 4.78 is 23.5. The minimum atomic E-state index is -0.482. The lowest BCUT2D eigenvalue weighted by atomic mass is 9.78. The zero-order valence-electron chi connectivity index (χ0n) is 18.3. The number of nitrogens with one attached hydrogen (secondary N) is 1. The maximum Gasteiger partial charge on any atom is 0.498 e. The van der Waals surface area contributed by atoms with E-state index in [1.165, 1.54) is 0 Å². The average molecular weight is 391 g/mol. The molecule has 0 unspecified atom stereocenters. The van der Waals surface area contributed by atoms with Crippen molar-refractivity contribution in [1.29, 1.82) is 0 Å². The smallest absolute Gasteiger partial charge is 0.494 e. The molecule has 1 aliphatic heterocycles. The van der Waals surface area contributed by atoms with Crippen molar-refractivity contribution < 1.29 is 23.6 Å². The first-order chi connectivity index (χ1) is 12.9. The SMILES string of the molecule is CC(C)(C)OC(=O)NCCCCOc1ccccc1B1OC(C)(C)C(C)(C)O1. The molecule has 2 rings (SSSR count). The Kier molecular flexibility index (Phi) is 7.04. The van der Waals surface area contributed by atoms with Crippen LogP contribution in [0.2, 0.25) is 0 Å². The zero-order valence-corrected chi connectivity index (χ0v) is 18.3. The Morgan fingerprint density at radius 3 is 2.29 bits per heavy atom. The highest BCUT2D eigenvalue weighted by atomic mass is 16.7. The molecule has 0 spiro atoms. The number of rotatable bonds is 7. The molecule has 1 heterocycles. The van der Waals surface area contributed by atoms with Crippen molar-refractivity contribution in [2.24, 2.45) is 0 Å². The Morgan fingerprint density at radius 1 is 1.07 bits per heavy atom. The van der Waals surface area contributed by atoms with Crippen LogP contribution in [0.4, 0.5) is 4.79 Å². The highest BCUT2D eigenvalue weighted by Gasteiger charge is 2.52. The fraction of sp³-hybridized carbons (Fsp3) is 0.667. The van der Waals surface area contributed by atoms with Crippen LogP contribution in [-0.2, 0) is 14.0 Å². The molecular weight excluding hydrogens is 357 g/mol. The molecule has 0 atom stereocenters. The highest BCUT2D eigenvalue weighted by Crippen LogP contribution is 2.37. The predicted molar refractivity (Wildman–Crippen MR) is 111 cm³/mol. The first-order valence-corrected chi connectivity index (χ1v) is 9.95. The Balaban J connectivity index is 1.80. The van der Waals surface area contributed by atoms with Crippen molar-refractivity contribution in [2.75, 3.05) is 13.2 Å². The molecular formula is C21H34BNO5. The molecule has 0 radical (unpaired) electrons. The van der Waals surface area contributed by atoms with Crippen molar-refractivity contribution in [3.05, 3.63) is 24.3 Å². The third-order valence-electron chi connectivity index (χ3n) is 4.92. The van der Waals surface area contributed by atoms with Crippen LogP contribution in [-0.4, -0.2) is 43.2 Å². The molecule has 6 nitrogen and oxygen atoms in total. The molecule has 0 aliphatic carbocycles. The van der Waals surface area contributed by atoms with Crippen LogP contribution in [0.25, 0.3) is 0 Å². The Hall–Kier alpha value is -1.73. The molecule has 28 heavy (non-hydrogen) atoms. The monoisotopic (exact) mass is 391 g/mol. The molecule has 0 bridgehead atoms. The van der Waals surface area contributed by atoms with Gasteiger partial charge in [0.1, 0.15) is 11.4 Å². The molecule has 1 aromatic carbocycles. The molecule has 7 heteroatoms. The van der Waals surface area contributed by atoms with Gasteiger partial charge in [-0.3, -0.25) is 0 Å². The van der Waals surface area contributed by atoms with E-state index in [1.807, 2.05) is 72.7 Å². The van der Waals surface area contributed by atoms with Gasteiger partial charge in [0.05, 0.1) is 17.8 Å². The van der Waals surface area contributed by atoms with Crippen molar-refractivity contribution in [3.8, 4) is 5.75 Å². The number of amides is 1. The number of alkyl carbamates (subject to hydrolysis) is 1. The van der Waals surface area contributed by atoms with Crippen LogP contribution in [0.1, 0.15) is 61.3 Å². The summed E-state index contributed by atoms with van der Waals surface area (Å²) in [4.78, 5) is 11.6. The Morgan fingerprint density at radius 2 is 1.68 bits per heavy atom. The van der Waals surface area contributed by atoms with E-state index in [-0.39, 0.29) is 6.09 Å². The summed E-state index contributed by atoms with van der Waals surface area (Å²) in [6, 6.07) is 7.80. The van der Waals surface area contributed by atoms with Crippen LogP contribution < -0.4 is 15.5 Å². The maximum absolute atomic E-state index is 11.6. The maximum atomic E-state index is 11.6. The number of hydrogen-bond acceptors (Lipinski definition) is 5. The van der Waals surface area contributed by atoms with Gasteiger partial charge in [-0.05, 0) is 67.4 Å². The van der Waals surface area contributed by atoms with Crippen LogP contribution >= 0.6 is 0 Å². The van der Waals surface area contributed by atoms with Gasteiger partial charge in [-0.1, -0.05) is 18.2 Å². The second kappa shape index (κ2) is 8.74. The fourth-order valence-electron chi connectivity index (χ4n) is 2.69. The predicted octanol–water partition coefficient (Wildman–Crippen LogP) is 3.67. The first-order valence-electron chi connectivity index (χ1n) is 9.95. The summed E-state index contributed by atoms with van der Waals surface area (Å²) in [6.45, 7) is 14.8. The number of unbranched alkanes of at least 4 members (excludes halogenated alkanes) is 1. The molecule has 1 fully saturated rings. The number of carbonyl (C=O) groups excluding carboxylic acids is 1. The van der Waals surface area contributed by atoms with Crippen molar-refractivity contribution in [2.45, 2.75) is 78.1 Å². The van der Waals surface area contributed by atoms with E-state index in [1.54, 1.807) is 0 Å². The lowest BCUT2D eigenvalue weighted by Gasteiger charge is -2.32. The summed E-state index contributed by atoms with van der Waals surface area (Å²) in [7, 11) is -0.449. The van der Waals surface area contributed by atoms with E-state index in [4.69, 9.17) is 18.8 Å². The van der Waals surface area contributed by atoms with Gasteiger partial charge in [0.15, 0.2) is 0 Å². The summed E-state index contributed by atoms with van der Waals surface area (Å²) in [6.07, 6.45) is 1.23. The highest BCUT2D eigenvalue weighted by molar-refractivity contribution is 6.63. The van der Waals surface area contributed by atoms with E-state index in [0.717, 1.165) is 24.1 Å². The van der Waals surface area contributed by atoms with Gasteiger partial charge < -0.3 is 24.1 Å². The molecule has 1 N–H and O–H groups in total. The van der Waals surface area contributed by atoms with Crippen LogP contribution in [0.5, 0.6) is 5.75 Å². The Labute approximate surface area is 169 Å². The van der Waals surface area contributed by atoms with Gasteiger partial charge in [-0.25, -0.2) is 4.79 Å². The van der Waals surface area contributed by atoms with Gasteiger partial charge in [0.25, 0.3) is 0 Å². The molecule has 1 aliphatic rings. The van der Waals surface area contributed by atoms with Gasteiger partial charge in [0.2, 0.25) is 0 Å². The zero-order chi connectivity index (χ0) is 21.0. The molecule has 0 saturated carbocycles. The van der Waals surface area contributed by atoms with Gasteiger partial charge in [-0.2, -0.15) is 0 Å². The Bertz CT molecular complexity index is 653. The van der Waals surface area contributed by atoms with E-state index >= 15 is 0 Å². The summed E-state index contributed by atoms with van der Waals surface area (Å²) in [5.74, 6) is 0.765. The summed E-state index contributed by atoms with van der Waals surface area (Å²) in [5, 5.41) is 2.76. The lowest BCUT2D eigenvalue weighted by Crippen LogP contribution is -2.41. The topological polar surface area (TPSA) is 66.0 Å². The lowest BCUT2D eigenvalue weighted by molar-refractivity contribution is 0.00578.